The van der Waals surface area contributed by atoms with E-state index >= 15 is 0 Å². The van der Waals surface area contributed by atoms with Crippen molar-refractivity contribution in [2.75, 3.05) is 0 Å². The Kier molecular flexibility index (Phi) is 4.06. The number of halogens is 3. The Morgan fingerprint density at radius 3 is 2.62 bits per heavy atom. The molecule has 0 bridgehead atoms. The lowest BCUT2D eigenvalue weighted by molar-refractivity contribution is -0.116. The van der Waals surface area contributed by atoms with Gasteiger partial charge in [-0.05, 0) is 24.6 Å². The van der Waals surface area contributed by atoms with Gasteiger partial charge in [-0.2, -0.15) is 8.78 Å². The van der Waals surface area contributed by atoms with Gasteiger partial charge in [0, 0.05) is 0 Å². The normalized spacial score (nSPS) is 12.6. The van der Waals surface area contributed by atoms with Crippen LogP contribution in [0.4, 0.5) is 8.78 Å². The van der Waals surface area contributed by atoms with Crippen LogP contribution in [0.5, 0.6) is 11.5 Å². The lowest BCUT2D eigenvalue weighted by Crippen LogP contribution is -2.05. The zero-order valence-corrected chi connectivity index (χ0v) is 9.04. The molecule has 0 saturated carbocycles. The third-order valence-corrected chi connectivity index (χ3v) is 2.41. The fourth-order valence-electron chi connectivity index (χ4n) is 1.11. The summed E-state index contributed by atoms with van der Waals surface area (Å²) in [6.07, 6.45) is 0. The molecule has 1 atom stereocenters. The SMILES string of the molecule is CC(=O)C(Cl)c1ccc(O)c(OC(F)F)c1. The molecule has 1 unspecified atom stereocenters. The molecule has 0 radical (unpaired) electrons. The second-order valence-electron chi connectivity index (χ2n) is 3.08. The van der Waals surface area contributed by atoms with E-state index in [2.05, 4.69) is 4.74 Å². The van der Waals surface area contributed by atoms with Gasteiger partial charge < -0.3 is 9.84 Å². The van der Waals surface area contributed by atoms with Gasteiger partial charge in [-0.25, -0.2) is 0 Å². The summed E-state index contributed by atoms with van der Waals surface area (Å²) in [5, 5.41) is 8.27. The highest BCUT2D eigenvalue weighted by atomic mass is 35.5. The minimum atomic E-state index is -3.05. The van der Waals surface area contributed by atoms with Crippen LogP contribution in [0, 0.1) is 0 Å². The van der Waals surface area contributed by atoms with Gasteiger partial charge in [0.25, 0.3) is 0 Å². The largest absolute Gasteiger partial charge is 0.504 e. The first-order valence-corrected chi connectivity index (χ1v) is 4.77. The number of Topliss-reactive ketones (excluding diaryl/α,β-unsaturated/α-hetero) is 1. The van der Waals surface area contributed by atoms with E-state index in [4.69, 9.17) is 11.6 Å². The van der Waals surface area contributed by atoms with Crippen LogP contribution >= 0.6 is 11.6 Å². The molecular formula is C10H9ClF2O3. The van der Waals surface area contributed by atoms with E-state index in [0.717, 1.165) is 12.1 Å². The van der Waals surface area contributed by atoms with Crippen LogP contribution in [0.25, 0.3) is 0 Å². The highest BCUT2D eigenvalue weighted by molar-refractivity contribution is 6.30. The van der Waals surface area contributed by atoms with Gasteiger partial charge in [-0.1, -0.05) is 6.07 Å². The molecule has 16 heavy (non-hydrogen) atoms. The lowest BCUT2D eigenvalue weighted by atomic mass is 10.1. The first kappa shape index (κ1) is 12.7. The number of hydrogen-bond donors (Lipinski definition) is 1. The maximum Gasteiger partial charge on any atom is 0.387 e. The highest BCUT2D eigenvalue weighted by Gasteiger charge is 2.16. The van der Waals surface area contributed by atoms with Gasteiger partial charge in [-0.3, -0.25) is 4.79 Å². The topological polar surface area (TPSA) is 46.5 Å². The van der Waals surface area contributed by atoms with E-state index in [1.807, 2.05) is 0 Å². The Morgan fingerprint density at radius 2 is 2.12 bits per heavy atom. The number of carbonyl (C=O) groups excluding carboxylic acids is 1. The summed E-state index contributed by atoms with van der Waals surface area (Å²) < 4.78 is 28.0. The zero-order chi connectivity index (χ0) is 12.3. The number of phenolic OH excluding ortho intramolecular Hbond substituents is 1. The molecule has 0 heterocycles. The summed E-state index contributed by atoms with van der Waals surface area (Å²) in [4.78, 5) is 11.0. The number of rotatable bonds is 4. The standard InChI is InChI=1S/C10H9ClF2O3/c1-5(14)9(11)6-2-3-7(15)8(4-6)16-10(12)13/h2-4,9-10,15H,1H3. The third-order valence-electron chi connectivity index (χ3n) is 1.85. The van der Waals surface area contributed by atoms with Crippen molar-refractivity contribution in [1.29, 1.82) is 0 Å². The molecule has 0 aliphatic heterocycles. The molecule has 1 rings (SSSR count). The van der Waals surface area contributed by atoms with Crippen LogP contribution < -0.4 is 4.74 Å². The molecule has 1 aromatic rings. The molecule has 0 spiro atoms. The monoisotopic (exact) mass is 250 g/mol. The zero-order valence-electron chi connectivity index (χ0n) is 8.28. The molecular weight excluding hydrogens is 242 g/mol. The van der Waals surface area contributed by atoms with E-state index < -0.39 is 23.5 Å². The quantitative estimate of drug-likeness (QED) is 0.836. The van der Waals surface area contributed by atoms with Crippen molar-refractivity contribution in [2.45, 2.75) is 18.9 Å². The van der Waals surface area contributed by atoms with E-state index in [1.54, 1.807) is 0 Å². The van der Waals surface area contributed by atoms with Crippen molar-refractivity contribution < 1.29 is 23.4 Å². The molecule has 1 aromatic carbocycles. The van der Waals surface area contributed by atoms with Crippen molar-refractivity contribution in [3.05, 3.63) is 23.8 Å². The molecule has 3 nitrogen and oxygen atoms in total. The minimum absolute atomic E-state index is 0.294. The number of aromatic hydroxyl groups is 1. The molecule has 0 aliphatic rings. The number of hydrogen-bond acceptors (Lipinski definition) is 3. The smallest absolute Gasteiger partial charge is 0.387 e. The number of ketones is 1. The van der Waals surface area contributed by atoms with Crippen LogP contribution in [-0.4, -0.2) is 17.5 Å². The molecule has 0 aromatic heterocycles. The van der Waals surface area contributed by atoms with E-state index in [0.29, 0.717) is 5.56 Å². The fraction of sp³-hybridized carbons (Fsp3) is 0.300. The van der Waals surface area contributed by atoms with Gasteiger partial charge in [-0.15, -0.1) is 11.6 Å². The predicted molar refractivity (Wildman–Crippen MR) is 54.0 cm³/mol. The van der Waals surface area contributed by atoms with Gasteiger partial charge in [0.1, 0.15) is 5.38 Å². The van der Waals surface area contributed by atoms with Gasteiger partial charge in [0.15, 0.2) is 17.3 Å². The average Bonchev–Trinajstić information content (AvgIpc) is 2.19. The molecule has 0 saturated heterocycles. The maximum atomic E-state index is 12.0. The number of alkyl halides is 3. The van der Waals surface area contributed by atoms with E-state index in [1.165, 1.54) is 13.0 Å². The molecule has 88 valence electrons. The van der Waals surface area contributed by atoms with Crippen LogP contribution in [0.15, 0.2) is 18.2 Å². The number of carbonyl (C=O) groups is 1. The Bertz CT molecular complexity index is 396. The Balaban J connectivity index is 3.02. The summed E-state index contributed by atoms with van der Waals surface area (Å²) >= 11 is 5.73. The minimum Gasteiger partial charge on any atom is -0.504 e. The molecule has 1 N–H and O–H groups in total. The molecule has 0 amide bonds. The van der Waals surface area contributed by atoms with Crippen molar-refractivity contribution in [2.24, 2.45) is 0 Å². The van der Waals surface area contributed by atoms with Crippen molar-refractivity contribution in [3.8, 4) is 11.5 Å². The number of benzene rings is 1. The lowest BCUT2D eigenvalue weighted by Gasteiger charge is -2.10. The molecule has 0 fully saturated rings. The summed E-state index contributed by atoms with van der Waals surface area (Å²) in [6.45, 7) is -1.77. The van der Waals surface area contributed by atoms with Crippen LogP contribution in [-0.2, 0) is 4.79 Å². The fourth-order valence-corrected chi connectivity index (χ4v) is 1.25. The van der Waals surface area contributed by atoms with Gasteiger partial charge in [0.05, 0.1) is 0 Å². The van der Waals surface area contributed by atoms with Crippen molar-refractivity contribution in [1.82, 2.24) is 0 Å². The molecule has 0 aliphatic carbocycles. The van der Waals surface area contributed by atoms with Crippen molar-refractivity contribution >= 4 is 17.4 Å². The Labute approximate surface area is 95.6 Å². The third kappa shape index (κ3) is 3.06. The Hall–Kier alpha value is -1.36. The second kappa shape index (κ2) is 5.12. The summed E-state index contributed by atoms with van der Waals surface area (Å²) in [7, 11) is 0. The Morgan fingerprint density at radius 1 is 1.50 bits per heavy atom. The van der Waals surface area contributed by atoms with Crippen LogP contribution in [0.2, 0.25) is 0 Å². The average molecular weight is 251 g/mol. The first-order valence-electron chi connectivity index (χ1n) is 4.34. The van der Waals surface area contributed by atoms with Gasteiger partial charge in [0.2, 0.25) is 0 Å². The second-order valence-corrected chi connectivity index (χ2v) is 3.52. The van der Waals surface area contributed by atoms with Crippen LogP contribution in [0.3, 0.4) is 0 Å². The number of ether oxygens (including phenoxy) is 1. The first-order chi connectivity index (χ1) is 7.41. The molecule has 6 heteroatoms. The van der Waals surface area contributed by atoms with E-state index in [9.17, 15) is 18.7 Å². The number of phenols is 1. The summed E-state index contributed by atoms with van der Waals surface area (Å²) in [5.74, 6) is -1.16. The van der Waals surface area contributed by atoms with Crippen LogP contribution in [0.1, 0.15) is 17.9 Å². The van der Waals surface area contributed by atoms with E-state index in [-0.39, 0.29) is 5.78 Å². The maximum absolute atomic E-state index is 12.0. The highest BCUT2D eigenvalue weighted by Crippen LogP contribution is 2.32. The van der Waals surface area contributed by atoms with Gasteiger partial charge >= 0.3 is 6.61 Å². The van der Waals surface area contributed by atoms with Crippen molar-refractivity contribution in [3.63, 3.8) is 0 Å². The summed E-state index contributed by atoms with van der Waals surface area (Å²) in [6, 6.07) is 3.62. The summed E-state index contributed by atoms with van der Waals surface area (Å²) in [5.41, 5.74) is 0.294. The predicted octanol–water partition coefficient (Wildman–Crippen LogP) is 2.86.